The fourth-order valence-corrected chi connectivity index (χ4v) is 4.45. The molecule has 0 aromatic rings. The van der Waals surface area contributed by atoms with Crippen molar-refractivity contribution in [3.05, 3.63) is 0 Å². The van der Waals surface area contributed by atoms with Crippen LogP contribution >= 0.6 is 0 Å². The number of carboxylic acids is 1. The summed E-state index contributed by atoms with van der Waals surface area (Å²) in [5, 5.41) is 8.43. The highest BCUT2D eigenvalue weighted by Gasteiger charge is 1.98. The van der Waals surface area contributed by atoms with Gasteiger partial charge in [0.15, 0.2) is 0 Å². The third-order valence-corrected chi connectivity index (χ3v) is 7.21. The van der Waals surface area contributed by atoms with Crippen LogP contribution in [0, 0.1) is 0 Å². The second-order valence-electron chi connectivity index (χ2n) is 11.7. The van der Waals surface area contributed by atoms with Gasteiger partial charge in [0, 0.05) is 6.61 Å². The number of ether oxygens (including phenoxy) is 12. The molecule has 306 valence electrons. The molecule has 14 heteroatoms. The molecule has 0 rings (SSSR count). The summed E-state index contributed by atoms with van der Waals surface area (Å²) in [6.45, 7) is 13.6. The number of carbonyl (C=O) groups is 1. The van der Waals surface area contributed by atoms with Crippen LogP contribution in [-0.4, -0.2) is 170 Å². The van der Waals surface area contributed by atoms with Gasteiger partial charge in [0.05, 0.1) is 145 Å². The van der Waals surface area contributed by atoms with Crippen molar-refractivity contribution in [2.24, 2.45) is 0 Å². The standard InChI is InChI=1S/C37H74O14/c1-2-3-4-5-6-7-8-9-10-11-12-13-40-14-15-41-16-17-42-18-19-43-20-21-44-22-23-45-24-25-46-26-27-47-28-29-48-30-31-49-32-33-50-34-35-51-36-37(38)39/h2-36H2,1H3,(H,38,39). The second-order valence-corrected chi connectivity index (χ2v) is 11.7. The van der Waals surface area contributed by atoms with Gasteiger partial charge < -0.3 is 61.9 Å². The van der Waals surface area contributed by atoms with E-state index in [1.165, 1.54) is 64.2 Å². The van der Waals surface area contributed by atoms with E-state index in [1.54, 1.807) is 0 Å². The van der Waals surface area contributed by atoms with Crippen LogP contribution in [0.2, 0.25) is 0 Å². The summed E-state index contributed by atoms with van der Waals surface area (Å²) in [4.78, 5) is 10.3. The Morgan fingerprint density at radius 1 is 0.294 bits per heavy atom. The number of carboxylic acid groups (broad SMARTS) is 1. The minimum atomic E-state index is -0.994. The van der Waals surface area contributed by atoms with Gasteiger partial charge in [-0.3, -0.25) is 0 Å². The van der Waals surface area contributed by atoms with Gasteiger partial charge in [-0.05, 0) is 6.42 Å². The Labute approximate surface area is 308 Å². The molecule has 0 radical (unpaired) electrons. The Morgan fingerprint density at radius 2 is 0.490 bits per heavy atom. The van der Waals surface area contributed by atoms with E-state index >= 15 is 0 Å². The molecule has 0 unspecified atom stereocenters. The average molecular weight is 743 g/mol. The zero-order chi connectivity index (χ0) is 36.8. The zero-order valence-corrected chi connectivity index (χ0v) is 32.0. The predicted octanol–water partition coefficient (Wildman–Crippen LogP) is 4.58. The minimum Gasteiger partial charge on any atom is -0.480 e. The lowest BCUT2D eigenvalue weighted by molar-refractivity contribution is -0.142. The van der Waals surface area contributed by atoms with E-state index in [2.05, 4.69) is 6.92 Å². The molecule has 14 nitrogen and oxygen atoms in total. The molecule has 0 fully saturated rings. The molecule has 0 amide bonds. The lowest BCUT2D eigenvalue weighted by Crippen LogP contribution is -2.15. The fraction of sp³-hybridized carbons (Fsp3) is 0.973. The topological polar surface area (TPSA) is 148 Å². The van der Waals surface area contributed by atoms with Crippen LogP contribution in [0.5, 0.6) is 0 Å². The molecule has 0 aromatic heterocycles. The molecular weight excluding hydrogens is 668 g/mol. The number of unbranched alkanes of at least 4 members (excludes halogenated alkanes) is 10. The lowest BCUT2D eigenvalue weighted by atomic mass is 10.1. The summed E-state index contributed by atoms with van der Waals surface area (Å²) in [6.07, 6.45) is 14.8. The van der Waals surface area contributed by atoms with Gasteiger partial charge in [-0.25, -0.2) is 4.79 Å². The molecule has 0 saturated carbocycles. The molecule has 0 aliphatic carbocycles. The molecular formula is C37H74O14. The molecule has 0 aliphatic rings. The van der Waals surface area contributed by atoms with Crippen molar-refractivity contribution in [3.8, 4) is 0 Å². The third-order valence-electron chi connectivity index (χ3n) is 7.21. The Hall–Kier alpha value is -1.01. The summed E-state index contributed by atoms with van der Waals surface area (Å²) >= 11 is 0. The van der Waals surface area contributed by atoms with Gasteiger partial charge in [-0.2, -0.15) is 0 Å². The summed E-state index contributed by atoms with van der Waals surface area (Å²) in [7, 11) is 0. The smallest absolute Gasteiger partial charge is 0.329 e. The summed E-state index contributed by atoms with van der Waals surface area (Å²) < 4.78 is 65.1. The van der Waals surface area contributed by atoms with E-state index in [1.807, 2.05) is 0 Å². The summed E-state index contributed by atoms with van der Waals surface area (Å²) in [5.74, 6) is -0.994. The maximum absolute atomic E-state index is 10.3. The normalized spacial score (nSPS) is 11.5. The van der Waals surface area contributed by atoms with Gasteiger partial charge in [-0.1, -0.05) is 71.1 Å². The van der Waals surface area contributed by atoms with Crippen molar-refractivity contribution in [1.29, 1.82) is 0 Å². The SMILES string of the molecule is CCCCCCCCCCCCCOCCOCCOCCOCCOCCOCCOCCOCCOCCOCCOCCOCC(=O)O. The second kappa shape index (κ2) is 47.0. The first-order valence-corrected chi connectivity index (χ1v) is 19.4. The van der Waals surface area contributed by atoms with Gasteiger partial charge in [0.2, 0.25) is 0 Å². The molecule has 1 N–H and O–H groups in total. The average Bonchev–Trinajstić information content (AvgIpc) is 3.13. The summed E-state index contributed by atoms with van der Waals surface area (Å²) in [6, 6.07) is 0. The van der Waals surface area contributed by atoms with Crippen molar-refractivity contribution in [3.63, 3.8) is 0 Å². The van der Waals surface area contributed by atoms with Crippen molar-refractivity contribution in [2.45, 2.75) is 77.6 Å². The van der Waals surface area contributed by atoms with Crippen molar-refractivity contribution in [2.75, 3.05) is 159 Å². The molecule has 0 atom stereocenters. The van der Waals surface area contributed by atoms with Crippen molar-refractivity contribution >= 4 is 5.97 Å². The van der Waals surface area contributed by atoms with E-state index in [9.17, 15) is 4.79 Å². The molecule has 51 heavy (non-hydrogen) atoms. The number of aliphatic carboxylic acids is 1. The highest BCUT2D eigenvalue weighted by Crippen LogP contribution is 2.11. The van der Waals surface area contributed by atoms with Crippen LogP contribution in [0.4, 0.5) is 0 Å². The van der Waals surface area contributed by atoms with Crippen LogP contribution in [0.1, 0.15) is 77.6 Å². The largest absolute Gasteiger partial charge is 0.480 e. The van der Waals surface area contributed by atoms with Crippen LogP contribution < -0.4 is 0 Å². The molecule has 0 aliphatic heterocycles. The molecule has 0 aromatic carbocycles. The van der Waals surface area contributed by atoms with E-state index < -0.39 is 5.97 Å². The van der Waals surface area contributed by atoms with E-state index in [0.29, 0.717) is 139 Å². The van der Waals surface area contributed by atoms with Crippen LogP contribution in [0.3, 0.4) is 0 Å². The van der Waals surface area contributed by atoms with Crippen molar-refractivity contribution in [1.82, 2.24) is 0 Å². The van der Waals surface area contributed by atoms with Crippen LogP contribution in [0.15, 0.2) is 0 Å². The quantitative estimate of drug-likeness (QED) is 0.0868. The molecule has 0 heterocycles. The predicted molar refractivity (Wildman–Crippen MR) is 194 cm³/mol. The Kier molecular flexibility index (Phi) is 46.1. The monoisotopic (exact) mass is 743 g/mol. The Morgan fingerprint density at radius 3 is 0.725 bits per heavy atom. The maximum Gasteiger partial charge on any atom is 0.329 e. The maximum atomic E-state index is 10.3. The number of rotatable bonds is 47. The van der Waals surface area contributed by atoms with Gasteiger partial charge in [0.25, 0.3) is 0 Å². The Bertz CT molecular complexity index is 646. The van der Waals surface area contributed by atoms with Crippen molar-refractivity contribution < 1.29 is 66.7 Å². The van der Waals surface area contributed by atoms with E-state index in [0.717, 1.165) is 13.0 Å². The lowest BCUT2D eigenvalue weighted by Gasteiger charge is -2.09. The number of hydrogen-bond acceptors (Lipinski definition) is 13. The summed E-state index contributed by atoms with van der Waals surface area (Å²) in [5.41, 5.74) is 0. The highest BCUT2D eigenvalue weighted by atomic mass is 16.6. The van der Waals surface area contributed by atoms with Crippen LogP contribution in [-0.2, 0) is 61.6 Å². The third kappa shape index (κ3) is 49.0. The minimum absolute atomic E-state index is 0.243. The van der Waals surface area contributed by atoms with Crippen LogP contribution in [0.25, 0.3) is 0 Å². The zero-order valence-electron chi connectivity index (χ0n) is 32.0. The highest BCUT2D eigenvalue weighted by molar-refractivity contribution is 5.67. The van der Waals surface area contributed by atoms with Gasteiger partial charge in [0.1, 0.15) is 6.61 Å². The Balaban J connectivity index is 3.05. The van der Waals surface area contributed by atoms with Gasteiger partial charge in [-0.15, -0.1) is 0 Å². The first kappa shape index (κ1) is 50.0. The fourth-order valence-electron chi connectivity index (χ4n) is 4.45. The molecule has 0 saturated heterocycles. The van der Waals surface area contributed by atoms with Gasteiger partial charge >= 0.3 is 5.97 Å². The number of hydrogen-bond donors (Lipinski definition) is 1. The van der Waals surface area contributed by atoms with E-state index in [-0.39, 0.29) is 13.2 Å². The molecule has 0 bridgehead atoms. The molecule has 0 spiro atoms. The first-order valence-electron chi connectivity index (χ1n) is 19.4. The first-order chi connectivity index (χ1) is 25.3. The van der Waals surface area contributed by atoms with E-state index in [4.69, 9.17) is 61.9 Å².